The first kappa shape index (κ1) is 12.7. The fourth-order valence-electron chi connectivity index (χ4n) is 3.27. The molecule has 1 saturated carbocycles. The van der Waals surface area contributed by atoms with Crippen molar-refractivity contribution in [3.63, 3.8) is 0 Å². The van der Waals surface area contributed by atoms with Gasteiger partial charge in [-0.1, -0.05) is 32.9 Å². The summed E-state index contributed by atoms with van der Waals surface area (Å²) >= 11 is 0. The predicted molar refractivity (Wildman–Crippen MR) is 78.2 cm³/mol. The minimum atomic E-state index is 0.437. The SMILES string of the molecule is CC(C)(C)C1CCC(c2nc3ccccc3o2)CC1. The molecule has 0 aliphatic heterocycles. The molecule has 0 amide bonds. The number of hydrogen-bond donors (Lipinski definition) is 0. The van der Waals surface area contributed by atoms with Gasteiger partial charge in [0.25, 0.3) is 0 Å². The van der Waals surface area contributed by atoms with Crippen LogP contribution in [0, 0.1) is 11.3 Å². The Morgan fingerprint density at radius 1 is 1.05 bits per heavy atom. The van der Waals surface area contributed by atoms with Gasteiger partial charge in [-0.2, -0.15) is 0 Å². The zero-order chi connectivity index (χ0) is 13.5. The second-order valence-corrected chi connectivity index (χ2v) is 6.93. The van der Waals surface area contributed by atoms with Gasteiger partial charge in [-0.05, 0) is 49.1 Å². The molecule has 0 N–H and O–H groups in total. The molecule has 0 radical (unpaired) electrons. The summed E-state index contributed by atoms with van der Waals surface area (Å²) in [5.41, 5.74) is 2.36. The molecule has 1 aromatic carbocycles. The first-order chi connectivity index (χ1) is 9.04. The monoisotopic (exact) mass is 257 g/mol. The molecular weight excluding hydrogens is 234 g/mol. The van der Waals surface area contributed by atoms with Gasteiger partial charge in [0.2, 0.25) is 0 Å². The maximum absolute atomic E-state index is 5.92. The molecule has 1 aliphatic carbocycles. The normalized spacial score (nSPS) is 24.8. The summed E-state index contributed by atoms with van der Waals surface area (Å²) in [4.78, 5) is 4.66. The lowest BCUT2D eigenvalue weighted by Crippen LogP contribution is -2.25. The van der Waals surface area contributed by atoms with Crippen molar-refractivity contribution in [3.8, 4) is 0 Å². The minimum absolute atomic E-state index is 0.437. The van der Waals surface area contributed by atoms with E-state index in [1.807, 2.05) is 24.3 Å². The summed E-state index contributed by atoms with van der Waals surface area (Å²) in [7, 11) is 0. The highest BCUT2D eigenvalue weighted by Gasteiger charge is 2.31. The number of fused-ring (bicyclic) bond motifs is 1. The van der Waals surface area contributed by atoms with Crippen LogP contribution in [0.15, 0.2) is 28.7 Å². The highest BCUT2D eigenvalue weighted by Crippen LogP contribution is 2.43. The van der Waals surface area contributed by atoms with Crippen LogP contribution >= 0.6 is 0 Å². The molecule has 1 fully saturated rings. The smallest absolute Gasteiger partial charge is 0.198 e. The maximum Gasteiger partial charge on any atom is 0.198 e. The summed E-state index contributed by atoms with van der Waals surface area (Å²) in [5, 5.41) is 0. The van der Waals surface area contributed by atoms with Crippen molar-refractivity contribution < 1.29 is 4.42 Å². The molecule has 1 aromatic heterocycles. The molecule has 19 heavy (non-hydrogen) atoms. The molecule has 0 saturated heterocycles. The van der Waals surface area contributed by atoms with E-state index in [1.165, 1.54) is 25.7 Å². The van der Waals surface area contributed by atoms with E-state index >= 15 is 0 Å². The topological polar surface area (TPSA) is 26.0 Å². The van der Waals surface area contributed by atoms with Crippen molar-refractivity contribution in [3.05, 3.63) is 30.2 Å². The van der Waals surface area contributed by atoms with E-state index in [0.717, 1.165) is 22.9 Å². The van der Waals surface area contributed by atoms with Crippen LogP contribution in [0.3, 0.4) is 0 Å². The second kappa shape index (κ2) is 4.66. The van der Waals surface area contributed by atoms with Crippen LogP contribution in [0.25, 0.3) is 11.1 Å². The number of para-hydroxylation sites is 2. The summed E-state index contributed by atoms with van der Waals surface area (Å²) in [6.07, 6.45) is 5.03. The first-order valence-electron chi connectivity index (χ1n) is 7.39. The van der Waals surface area contributed by atoms with Crippen LogP contribution in [0.5, 0.6) is 0 Å². The molecule has 2 aromatic rings. The summed E-state index contributed by atoms with van der Waals surface area (Å²) in [6.45, 7) is 7.08. The second-order valence-electron chi connectivity index (χ2n) is 6.93. The predicted octanol–water partition coefficient (Wildman–Crippen LogP) is 5.15. The third kappa shape index (κ3) is 2.54. The van der Waals surface area contributed by atoms with Gasteiger partial charge < -0.3 is 4.42 Å². The van der Waals surface area contributed by atoms with Crippen molar-refractivity contribution in [2.24, 2.45) is 11.3 Å². The van der Waals surface area contributed by atoms with E-state index in [2.05, 4.69) is 25.8 Å². The van der Waals surface area contributed by atoms with Crippen molar-refractivity contribution in [2.75, 3.05) is 0 Å². The fraction of sp³-hybridized carbons (Fsp3) is 0.588. The van der Waals surface area contributed by atoms with Gasteiger partial charge in [-0.15, -0.1) is 0 Å². The van der Waals surface area contributed by atoms with E-state index in [1.54, 1.807) is 0 Å². The van der Waals surface area contributed by atoms with E-state index in [0.29, 0.717) is 11.3 Å². The van der Waals surface area contributed by atoms with Gasteiger partial charge >= 0.3 is 0 Å². The number of nitrogens with zero attached hydrogens (tertiary/aromatic N) is 1. The third-order valence-electron chi connectivity index (χ3n) is 4.61. The van der Waals surface area contributed by atoms with Gasteiger partial charge in [0.1, 0.15) is 5.52 Å². The highest BCUT2D eigenvalue weighted by molar-refractivity contribution is 5.72. The summed E-state index contributed by atoms with van der Waals surface area (Å²) in [5.74, 6) is 2.31. The average molecular weight is 257 g/mol. The van der Waals surface area contributed by atoms with Gasteiger partial charge in [0, 0.05) is 5.92 Å². The lowest BCUT2D eigenvalue weighted by molar-refractivity contribution is 0.162. The molecule has 3 rings (SSSR count). The van der Waals surface area contributed by atoms with Crippen molar-refractivity contribution in [2.45, 2.75) is 52.4 Å². The standard InChI is InChI=1S/C17H23NO/c1-17(2,3)13-10-8-12(9-11-13)16-18-14-6-4-5-7-15(14)19-16/h4-7,12-13H,8-11H2,1-3H3. The van der Waals surface area contributed by atoms with Gasteiger partial charge in [0.05, 0.1) is 0 Å². The Kier molecular flexibility index (Phi) is 3.12. The zero-order valence-electron chi connectivity index (χ0n) is 12.1. The largest absolute Gasteiger partial charge is 0.440 e. The molecule has 2 nitrogen and oxygen atoms in total. The maximum atomic E-state index is 5.92. The van der Waals surface area contributed by atoms with Crippen LogP contribution in [-0.4, -0.2) is 4.98 Å². The molecule has 0 bridgehead atoms. The molecule has 1 heterocycles. The van der Waals surface area contributed by atoms with E-state index in [-0.39, 0.29) is 0 Å². The zero-order valence-corrected chi connectivity index (χ0v) is 12.1. The van der Waals surface area contributed by atoms with Crippen LogP contribution < -0.4 is 0 Å². The Bertz CT molecular complexity index is 523. The molecule has 2 heteroatoms. The van der Waals surface area contributed by atoms with Crippen molar-refractivity contribution in [1.29, 1.82) is 0 Å². The highest BCUT2D eigenvalue weighted by atomic mass is 16.3. The molecule has 0 unspecified atom stereocenters. The first-order valence-corrected chi connectivity index (χ1v) is 7.39. The van der Waals surface area contributed by atoms with Crippen LogP contribution in [-0.2, 0) is 0 Å². The molecule has 0 atom stereocenters. The Morgan fingerprint density at radius 3 is 2.37 bits per heavy atom. The lowest BCUT2D eigenvalue weighted by atomic mass is 9.70. The van der Waals surface area contributed by atoms with Gasteiger partial charge in [-0.25, -0.2) is 4.98 Å². The third-order valence-corrected chi connectivity index (χ3v) is 4.61. The quantitative estimate of drug-likeness (QED) is 0.706. The van der Waals surface area contributed by atoms with Crippen LogP contribution in [0.1, 0.15) is 58.3 Å². The van der Waals surface area contributed by atoms with Gasteiger partial charge in [-0.3, -0.25) is 0 Å². The number of rotatable bonds is 1. The fourth-order valence-corrected chi connectivity index (χ4v) is 3.27. The summed E-state index contributed by atoms with van der Waals surface area (Å²) in [6, 6.07) is 8.06. The Morgan fingerprint density at radius 2 is 1.74 bits per heavy atom. The van der Waals surface area contributed by atoms with Gasteiger partial charge in [0.15, 0.2) is 11.5 Å². The Balaban J connectivity index is 1.74. The average Bonchev–Trinajstić information content (AvgIpc) is 2.81. The summed E-state index contributed by atoms with van der Waals surface area (Å²) < 4.78 is 5.92. The Labute approximate surface area is 115 Å². The number of hydrogen-bond acceptors (Lipinski definition) is 2. The van der Waals surface area contributed by atoms with E-state index < -0.39 is 0 Å². The molecular formula is C17H23NO. The lowest BCUT2D eigenvalue weighted by Gasteiger charge is -2.36. The van der Waals surface area contributed by atoms with Crippen molar-refractivity contribution in [1.82, 2.24) is 4.98 Å². The minimum Gasteiger partial charge on any atom is -0.440 e. The van der Waals surface area contributed by atoms with Crippen LogP contribution in [0.2, 0.25) is 0 Å². The van der Waals surface area contributed by atoms with Crippen LogP contribution in [0.4, 0.5) is 0 Å². The molecule has 102 valence electrons. The Hall–Kier alpha value is -1.31. The van der Waals surface area contributed by atoms with E-state index in [4.69, 9.17) is 4.42 Å². The van der Waals surface area contributed by atoms with Crippen molar-refractivity contribution >= 4 is 11.1 Å². The number of oxazole rings is 1. The van der Waals surface area contributed by atoms with E-state index in [9.17, 15) is 0 Å². The number of benzene rings is 1. The molecule has 0 spiro atoms. The molecule has 1 aliphatic rings. The number of aromatic nitrogens is 1.